The van der Waals surface area contributed by atoms with Crippen LogP contribution in [-0.4, -0.2) is 25.5 Å². The zero-order valence-electron chi connectivity index (χ0n) is 13.6. The Morgan fingerprint density at radius 2 is 2.08 bits per heavy atom. The van der Waals surface area contributed by atoms with E-state index in [4.69, 9.17) is 4.74 Å². The largest absolute Gasteiger partial charge is 0.496 e. The number of ether oxygens (including phenoxy) is 1. The number of fused-ring (bicyclic) bond motifs is 1. The molecule has 0 aromatic heterocycles. The van der Waals surface area contributed by atoms with Crippen molar-refractivity contribution < 1.29 is 14.3 Å². The third-order valence-corrected chi connectivity index (χ3v) is 4.07. The van der Waals surface area contributed by atoms with Gasteiger partial charge in [-0.05, 0) is 35.2 Å². The summed E-state index contributed by atoms with van der Waals surface area (Å²) in [5.41, 5.74) is 3.79. The van der Waals surface area contributed by atoms with Gasteiger partial charge < -0.3 is 15.4 Å². The third kappa shape index (κ3) is 3.74. The predicted molar refractivity (Wildman–Crippen MR) is 92.2 cm³/mol. The number of carbonyl (C=O) groups is 2. The molecule has 124 valence electrons. The number of benzene rings is 2. The SMILES string of the molecule is COc1ccccc1CCNC(=O)Cc1ccc2c(c1)CC(=O)N2. The van der Waals surface area contributed by atoms with Gasteiger partial charge in [-0.15, -0.1) is 0 Å². The molecule has 5 nitrogen and oxygen atoms in total. The Morgan fingerprint density at radius 1 is 1.25 bits per heavy atom. The van der Waals surface area contributed by atoms with Gasteiger partial charge in [0.1, 0.15) is 5.75 Å². The van der Waals surface area contributed by atoms with Gasteiger partial charge in [-0.2, -0.15) is 0 Å². The molecule has 0 saturated carbocycles. The molecular weight excluding hydrogens is 304 g/mol. The first kappa shape index (κ1) is 16.1. The van der Waals surface area contributed by atoms with Crippen molar-refractivity contribution in [2.45, 2.75) is 19.3 Å². The summed E-state index contributed by atoms with van der Waals surface area (Å²) in [7, 11) is 1.64. The first-order chi connectivity index (χ1) is 11.7. The van der Waals surface area contributed by atoms with Crippen LogP contribution >= 0.6 is 0 Å². The molecule has 0 unspecified atom stereocenters. The number of carbonyl (C=O) groups excluding carboxylic acids is 2. The Kier molecular flexibility index (Phi) is 4.79. The maximum Gasteiger partial charge on any atom is 0.228 e. The lowest BCUT2D eigenvalue weighted by Gasteiger charge is -2.09. The minimum absolute atomic E-state index is 0.00316. The number of para-hydroxylation sites is 1. The summed E-state index contributed by atoms with van der Waals surface area (Å²) >= 11 is 0. The van der Waals surface area contributed by atoms with Crippen LogP contribution in [0.25, 0.3) is 0 Å². The van der Waals surface area contributed by atoms with Crippen LogP contribution in [-0.2, 0) is 28.9 Å². The fraction of sp³-hybridized carbons (Fsp3) is 0.263. The van der Waals surface area contributed by atoms with E-state index >= 15 is 0 Å². The van der Waals surface area contributed by atoms with Gasteiger partial charge in [0.05, 0.1) is 20.0 Å². The maximum atomic E-state index is 12.1. The summed E-state index contributed by atoms with van der Waals surface area (Å²) in [5, 5.41) is 5.72. The molecule has 5 heteroatoms. The topological polar surface area (TPSA) is 67.4 Å². The van der Waals surface area contributed by atoms with E-state index in [-0.39, 0.29) is 11.8 Å². The van der Waals surface area contributed by atoms with E-state index in [0.29, 0.717) is 19.4 Å². The van der Waals surface area contributed by atoms with E-state index in [0.717, 1.165) is 34.5 Å². The molecule has 0 saturated heterocycles. The van der Waals surface area contributed by atoms with Gasteiger partial charge in [-0.3, -0.25) is 9.59 Å². The zero-order chi connectivity index (χ0) is 16.9. The van der Waals surface area contributed by atoms with Crippen molar-refractivity contribution in [3.8, 4) is 5.75 Å². The highest BCUT2D eigenvalue weighted by Crippen LogP contribution is 2.24. The Bertz CT molecular complexity index is 771. The van der Waals surface area contributed by atoms with Gasteiger partial charge in [-0.25, -0.2) is 0 Å². The van der Waals surface area contributed by atoms with Crippen LogP contribution in [0.15, 0.2) is 42.5 Å². The van der Waals surface area contributed by atoms with E-state index in [9.17, 15) is 9.59 Å². The number of anilines is 1. The summed E-state index contributed by atoms with van der Waals surface area (Å²) < 4.78 is 5.30. The van der Waals surface area contributed by atoms with Crippen molar-refractivity contribution in [1.82, 2.24) is 5.32 Å². The molecule has 2 aromatic carbocycles. The molecule has 2 aromatic rings. The fourth-order valence-electron chi connectivity index (χ4n) is 2.89. The molecule has 0 fully saturated rings. The van der Waals surface area contributed by atoms with Crippen molar-refractivity contribution >= 4 is 17.5 Å². The molecule has 1 heterocycles. The molecule has 2 N–H and O–H groups in total. The number of methoxy groups -OCH3 is 1. The fourth-order valence-corrected chi connectivity index (χ4v) is 2.89. The van der Waals surface area contributed by atoms with Crippen LogP contribution in [0.4, 0.5) is 5.69 Å². The van der Waals surface area contributed by atoms with E-state index in [2.05, 4.69) is 10.6 Å². The Balaban J connectivity index is 1.51. The highest BCUT2D eigenvalue weighted by atomic mass is 16.5. The molecule has 3 rings (SSSR count). The van der Waals surface area contributed by atoms with Gasteiger partial charge in [0.25, 0.3) is 0 Å². The summed E-state index contributed by atoms with van der Waals surface area (Å²) in [5.74, 6) is 0.813. The Morgan fingerprint density at radius 3 is 2.92 bits per heavy atom. The Hall–Kier alpha value is -2.82. The normalized spacial score (nSPS) is 12.5. The first-order valence-corrected chi connectivity index (χ1v) is 7.96. The summed E-state index contributed by atoms with van der Waals surface area (Å²) in [6, 6.07) is 13.5. The minimum atomic E-state index is -0.0258. The monoisotopic (exact) mass is 324 g/mol. The third-order valence-electron chi connectivity index (χ3n) is 4.07. The number of hydrogen-bond acceptors (Lipinski definition) is 3. The second-order valence-corrected chi connectivity index (χ2v) is 5.81. The van der Waals surface area contributed by atoms with Gasteiger partial charge in [-0.1, -0.05) is 30.3 Å². The summed E-state index contributed by atoms with van der Waals surface area (Å²) in [4.78, 5) is 23.5. The highest BCUT2D eigenvalue weighted by molar-refractivity contribution is 5.99. The second kappa shape index (κ2) is 7.17. The predicted octanol–water partition coefficient (Wildman–Crippen LogP) is 2.09. The minimum Gasteiger partial charge on any atom is -0.496 e. The van der Waals surface area contributed by atoms with Crippen LogP contribution in [0.2, 0.25) is 0 Å². The molecule has 0 radical (unpaired) electrons. The summed E-state index contributed by atoms with van der Waals surface area (Å²) in [6.07, 6.45) is 1.42. The van der Waals surface area contributed by atoms with E-state index in [1.165, 1.54) is 0 Å². The van der Waals surface area contributed by atoms with Gasteiger partial charge >= 0.3 is 0 Å². The van der Waals surface area contributed by atoms with Gasteiger partial charge in [0, 0.05) is 12.2 Å². The van der Waals surface area contributed by atoms with Crippen molar-refractivity contribution in [2.75, 3.05) is 19.0 Å². The van der Waals surface area contributed by atoms with Crippen molar-refractivity contribution in [3.63, 3.8) is 0 Å². The molecular formula is C19H20N2O3. The van der Waals surface area contributed by atoms with Crippen LogP contribution in [0, 0.1) is 0 Å². The lowest BCUT2D eigenvalue weighted by atomic mass is 10.1. The van der Waals surface area contributed by atoms with Crippen LogP contribution < -0.4 is 15.4 Å². The van der Waals surface area contributed by atoms with Crippen LogP contribution in [0.1, 0.15) is 16.7 Å². The molecule has 0 spiro atoms. The molecule has 0 bridgehead atoms. The van der Waals surface area contributed by atoms with Crippen LogP contribution in [0.5, 0.6) is 5.75 Å². The van der Waals surface area contributed by atoms with E-state index in [1.807, 2.05) is 42.5 Å². The molecule has 1 aliphatic rings. The van der Waals surface area contributed by atoms with Gasteiger partial charge in [0.15, 0.2) is 0 Å². The summed E-state index contributed by atoms with van der Waals surface area (Å²) in [6.45, 7) is 0.560. The van der Waals surface area contributed by atoms with Gasteiger partial charge in [0.2, 0.25) is 11.8 Å². The number of amides is 2. The number of hydrogen-bond donors (Lipinski definition) is 2. The van der Waals surface area contributed by atoms with Crippen LogP contribution in [0.3, 0.4) is 0 Å². The molecule has 0 aliphatic carbocycles. The molecule has 0 atom stereocenters. The molecule has 1 aliphatic heterocycles. The average molecular weight is 324 g/mol. The lowest BCUT2D eigenvalue weighted by molar-refractivity contribution is -0.120. The standard InChI is InChI=1S/C19H20N2O3/c1-24-17-5-3-2-4-14(17)8-9-20-18(22)11-13-6-7-16-15(10-13)12-19(23)21-16/h2-7,10H,8-9,11-12H2,1H3,(H,20,22)(H,21,23). The first-order valence-electron chi connectivity index (χ1n) is 7.96. The second-order valence-electron chi connectivity index (χ2n) is 5.81. The van der Waals surface area contributed by atoms with E-state index in [1.54, 1.807) is 7.11 Å². The van der Waals surface area contributed by atoms with E-state index < -0.39 is 0 Å². The zero-order valence-corrected chi connectivity index (χ0v) is 13.6. The van der Waals surface area contributed by atoms with Crippen molar-refractivity contribution in [3.05, 3.63) is 59.2 Å². The lowest BCUT2D eigenvalue weighted by Crippen LogP contribution is -2.27. The van der Waals surface area contributed by atoms with Crippen molar-refractivity contribution in [1.29, 1.82) is 0 Å². The average Bonchev–Trinajstić information content (AvgIpc) is 2.94. The molecule has 24 heavy (non-hydrogen) atoms. The number of rotatable bonds is 6. The highest BCUT2D eigenvalue weighted by Gasteiger charge is 2.17. The number of nitrogens with one attached hydrogen (secondary N) is 2. The van der Waals surface area contributed by atoms with Crippen molar-refractivity contribution in [2.24, 2.45) is 0 Å². The Labute approximate surface area is 141 Å². The maximum absolute atomic E-state index is 12.1. The molecule has 2 amide bonds. The quantitative estimate of drug-likeness (QED) is 0.855. The smallest absolute Gasteiger partial charge is 0.228 e.